The van der Waals surface area contributed by atoms with E-state index in [9.17, 15) is 4.79 Å². The average molecular weight is 407 g/mol. The van der Waals surface area contributed by atoms with Crippen molar-refractivity contribution in [1.29, 1.82) is 0 Å². The highest BCUT2D eigenvalue weighted by Gasteiger charge is 2.12. The van der Waals surface area contributed by atoms with Crippen molar-refractivity contribution in [2.45, 2.75) is 13.0 Å². The summed E-state index contributed by atoms with van der Waals surface area (Å²) in [6.45, 7) is 1.94. The number of hydrogen-bond donors (Lipinski definition) is 1. The van der Waals surface area contributed by atoms with E-state index in [1.165, 1.54) is 6.08 Å². The second-order valence-electron chi connectivity index (χ2n) is 6.58. The summed E-state index contributed by atoms with van der Waals surface area (Å²) in [5, 5.41) is 2.97. The molecule has 0 bridgehead atoms. The van der Waals surface area contributed by atoms with Crippen molar-refractivity contribution >= 4 is 12.0 Å². The lowest BCUT2D eigenvalue weighted by Crippen LogP contribution is -2.24. The van der Waals surface area contributed by atoms with E-state index in [0.717, 1.165) is 16.8 Å². The van der Waals surface area contributed by atoms with Gasteiger partial charge < -0.3 is 24.1 Å². The minimum atomic E-state index is -0.199. The Kier molecular flexibility index (Phi) is 6.75. The molecule has 1 N–H and O–H groups in total. The summed E-state index contributed by atoms with van der Waals surface area (Å²) in [5.41, 5.74) is 2.78. The van der Waals surface area contributed by atoms with E-state index in [1.807, 2.05) is 42.0 Å². The molecule has 7 nitrogen and oxygen atoms in total. The van der Waals surface area contributed by atoms with Crippen LogP contribution in [0.4, 0.5) is 0 Å². The monoisotopic (exact) mass is 407 g/mol. The van der Waals surface area contributed by atoms with E-state index in [4.69, 9.17) is 14.2 Å². The summed E-state index contributed by atoms with van der Waals surface area (Å²) in [6.07, 6.45) is 8.55. The maximum absolute atomic E-state index is 12.4. The van der Waals surface area contributed by atoms with Gasteiger partial charge in [-0.25, -0.2) is 4.98 Å². The third-order valence-corrected chi connectivity index (χ3v) is 4.67. The predicted molar refractivity (Wildman–Crippen MR) is 115 cm³/mol. The zero-order chi connectivity index (χ0) is 21.5. The Labute approximate surface area is 175 Å². The second kappa shape index (κ2) is 9.65. The van der Waals surface area contributed by atoms with Crippen LogP contribution < -0.4 is 19.5 Å². The number of carbonyl (C=O) groups is 1. The molecule has 2 aromatic carbocycles. The minimum absolute atomic E-state index is 0.140. The van der Waals surface area contributed by atoms with E-state index in [-0.39, 0.29) is 11.9 Å². The third kappa shape index (κ3) is 4.81. The van der Waals surface area contributed by atoms with E-state index in [2.05, 4.69) is 10.3 Å². The Morgan fingerprint density at radius 1 is 1.07 bits per heavy atom. The molecule has 3 rings (SSSR count). The molecule has 1 aromatic heterocycles. The van der Waals surface area contributed by atoms with Crippen LogP contribution in [-0.2, 0) is 4.79 Å². The lowest BCUT2D eigenvalue weighted by Gasteiger charge is -2.14. The van der Waals surface area contributed by atoms with Gasteiger partial charge in [-0.05, 0) is 48.4 Å². The van der Waals surface area contributed by atoms with Crippen LogP contribution in [-0.4, -0.2) is 36.8 Å². The van der Waals surface area contributed by atoms with Crippen LogP contribution >= 0.6 is 0 Å². The molecule has 0 fully saturated rings. The van der Waals surface area contributed by atoms with Gasteiger partial charge in [0, 0.05) is 24.2 Å². The van der Waals surface area contributed by atoms with Gasteiger partial charge in [0.25, 0.3) is 0 Å². The third-order valence-electron chi connectivity index (χ3n) is 4.67. The molecule has 1 amide bonds. The highest BCUT2D eigenvalue weighted by atomic mass is 16.5. The van der Waals surface area contributed by atoms with Crippen LogP contribution in [0.25, 0.3) is 11.8 Å². The average Bonchev–Trinajstić information content (AvgIpc) is 3.31. The molecular formula is C23H25N3O4. The largest absolute Gasteiger partial charge is 0.493 e. The Balaban J connectivity index is 1.67. The fourth-order valence-corrected chi connectivity index (χ4v) is 3.06. The van der Waals surface area contributed by atoms with E-state index < -0.39 is 0 Å². The van der Waals surface area contributed by atoms with Gasteiger partial charge >= 0.3 is 0 Å². The second-order valence-corrected chi connectivity index (χ2v) is 6.58. The molecule has 0 radical (unpaired) electrons. The molecule has 0 aliphatic heterocycles. The Hall–Kier alpha value is -3.74. The van der Waals surface area contributed by atoms with Gasteiger partial charge in [-0.15, -0.1) is 0 Å². The van der Waals surface area contributed by atoms with Gasteiger partial charge in [0.15, 0.2) is 11.5 Å². The summed E-state index contributed by atoms with van der Waals surface area (Å²) < 4.78 is 17.9. The summed E-state index contributed by atoms with van der Waals surface area (Å²) in [7, 11) is 4.65. The summed E-state index contributed by atoms with van der Waals surface area (Å²) >= 11 is 0. The van der Waals surface area contributed by atoms with E-state index in [1.54, 1.807) is 52.1 Å². The van der Waals surface area contributed by atoms with Gasteiger partial charge in [-0.3, -0.25) is 4.79 Å². The number of methoxy groups -OCH3 is 3. The molecule has 1 unspecified atom stereocenters. The van der Waals surface area contributed by atoms with Crippen LogP contribution in [0.3, 0.4) is 0 Å². The first-order chi connectivity index (χ1) is 14.5. The standard InChI is InChI=1S/C23H25N3O4/c1-16(18-6-8-19(9-7-18)26-12-11-24-15-26)25-22(27)10-5-17-13-20(28-2)23(30-4)21(14-17)29-3/h5-16H,1-4H3,(H,25,27)/b10-5+. The maximum atomic E-state index is 12.4. The fraction of sp³-hybridized carbons (Fsp3) is 0.217. The molecule has 0 saturated carbocycles. The number of benzene rings is 2. The molecule has 0 spiro atoms. The van der Waals surface area contributed by atoms with Crippen LogP contribution in [0.15, 0.2) is 61.2 Å². The molecule has 3 aromatic rings. The highest BCUT2D eigenvalue weighted by Crippen LogP contribution is 2.38. The maximum Gasteiger partial charge on any atom is 0.244 e. The first-order valence-corrected chi connectivity index (χ1v) is 9.42. The molecule has 0 saturated heterocycles. The number of aromatic nitrogens is 2. The fourth-order valence-electron chi connectivity index (χ4n) is 3.06. The number of amides is 1. The van der Waals surface area contributed by atoms with Gasteiger partial charge in [0.05, 0.1) is 33.7 Å². The van der Waals surface area contributed by atoms with Gasteiger partial charge in [-0.1, -0.05) is 12.1 Å². The molecule has 156 valence electrons. The smallest absolute Gasteiger partial charge is 0.244 e. The van der Waals surface area contributed by atoms with Crippen LogP contribution in [0.1, 0.15) is 24.1 Å². The molecular weight excluding hydrogens is 382 g/mol. The molecule has 7 heteroatoms. The van der Waals surface area contributed by atoms with Crippen molar-refractivity contribution < 1.29 is 19.0 Å². The van der Waals surface area contributed by atoms with Crippen molar-refractivity contribution in [3.63, 3.8) is 0 Å². The van der Waals surface area contributed by atoms with Crippen molar-refractivity contribution in [2.75, 3.05) is 21.3 Å². The summed E-state index contributed by atoms with van der Waals surface area (Å²) in [4.78, 5) is 16.4. The number of nitrogens with zero attached hydrogens (tertiary/aromatic N) is 2. The van der Waals surface area contributed by atoms with Crippen molar-refractivity contribution in [1.82, 2.24) is 14.9 Å². The molecule has 0 aliphatic carbocycles. The number of carbonyl (C=O) groups excluding carboxylic acids is 1. The Morgan fingerprint density at radius 2 is 1.73 bits per heavy atom. The number of ether oxygens (including phenoxy) is 3. The zero-order valence-corrected chi connectivity index (χ0v) is 17.5. The highest BCUT2D eigenvalue weighted by molar-refractivity contribution is 5.92. The molecule has 1 heterocycles. The van der Waals surface area contributed by atoms with Crippen LogP contribution in [0.2, 0.25) is 0 Å². The Morgan fingerprint density at radius 3 is 2.27 bits per heavy atom. The van der Waals surface area contributed by atoms with Crippen molar-refractivity contribution in [3.8, 4) is 22.9 Å². The predicted octanol–water partition coefficient (Wildman–Crippen LogP) is 3.79. The normalized spacial score (nSPS) is 11.9. The van der Waals surface area contributed by atoms with E-state index in [0.29, 0.717) is 17.2 Å². The van der Waals surface area contributed by atoms with Crippen LogP contribution in [0.5, 0.6) is 17.2 Å². The number of rotatable bonds is 8. The minimum Gasteiger partial charge on any atom is -0.493 e. The lowest BCUT2D eigenvalue weighted by molar-refractivity contribution is -0.117. The van der Waals surface area contributed by atoms with E-state index >= 15 is 0 Å². The quantitative estimate of drug-likeness (QED) is 0.575. The van der Waals surface area contributed by atoms with Gasteiger partial charge in [0.2, 0.25) is 11.7 Å². The number of hydrogen-bond acceptors (Lipinski definition) is 5. The first-order valence-electron chi connectivity index (χ1n) is 9.42. The SMILES string of the molecule is COc1cc(/C=C/C(=O)NC(C)c2ccc(-n3ccnc3)cc2)cc(OC)c1OC. The molecule has 0 aliphatic rings. The van der Waals surface area contributed by atoms with Crippen molar-refractivity contribution in [3.05, 3.63) is 72.3 Å². The lowest BCUT2D eigenvalue weighted by atomic mass is 10.1. The van der Waals surface area contributed by atoms with Gasteiger partial charge in [-0.2, -0.15) is 0 Å². The Bertz CT molecular complexity index is 986. The summed E-state index contributed by atoms with van der Waals surface area (Å²) in [5.74, 6) is 1.37. The molecule has 30 heavy (non-hydrogen) atoms. The number of imidazole rings is 1. The first kappa shape index (κ1) is 21.0. The summed E-state index contributed by atoms with van der Waals surface area (Å²) in [6, 6.07) is 11.4. The molecule has 1 atom stereocenters. The van der Waals surface area contributed by atoms with Crippen LogP contribution in [0, 0.1) is 0 Å². The zero-order valence-electron chi connectivity index (χ0n) is 17.5. The van der Waals surface area contributed by atoms with Crippen molar-refractivity contribution in [2.24, 2.45) is 0 Å². The number of nitrogens with one attached hydrogen (secondary N) is 1. The topological polar surface area (TPSA) is 74.6 Å². The van der Waals surface area contributed by atoms with Gasteiger partial charge in [0.1, 0.15) is 0 Å².